The molecular weight excluding hydrogens is 161 g/mol. The van der Waals surface area contributed by atoms with E-state index >= 15 is 0 Å². The lowest BCUT2D eigenvalue weighted by Gasteiger charge is -2.02. The number of anilines is 1. The molecule has 0 saturated heterocycles. The second-order valence-corrected chi connectivity index (χ2v) is 2.37. The van der Waals surface area contributed by atoms with Gasteiger partial charge in [-0.15, -0.1) is 0 Å². The van der Waals surface area contributed by atoms with E-state index in [1.807, 2.05) is 0 Å². The summed E-state index contributed by atoms with van der Waals surface area (Å²) in [6.07, 6.45) is -1.97. The van der Waals surface area contributed by atoms with Crippen LogP contribution >= 0.6 is 0 Å². The fourth-order valence-electron chi connectivity index (χ4n) is 0.808. The molecule has 0 aromatic heterocycles. The molecule has 1 atom stereocenters. The fraction of sp³-hybridized carbons (Fsp3) is 0.125. The number of nitrogens with two attached hydrogens (primary N) is 1. The summed E-state index contributed by atoms with van der Waals surface area (Å²) >= 11 is 0. The van der Waals surface area contributed by atoms with Gasteiger partial charge in [0.15, 0.2) is 0 Å². The number of halogens is 1. The lowest BCUT2D eigenvalue weighted by Crippen LogP contribution is -2.05. The van der Waals surface area contributed by atoms with Crippen LogP contribution < -0.4 is 5.73 Å². The topological polar surface area (TPSA) is 63.3 Å². The van der Waals surface area contributed by atoms with E-state index in [-0.39, 0.29) is 5.56 Å². The highest BCUT2D eigenvalue weighted by molar-refractivity contribution is 5.74. The summed E-state index contributed by atoms with van der Waals surface area (Å²) in [6.45, 7) is 0. The molecule has 3 N–H and O–H groups in total. The molecule has 0 aliphatic carbocycles. The average Bonchev–Trinajstić information content (AvgIpc) is 2.04. The van der Waals surface area contributed by atoms with Crippen LogP contribution in [0.2, 0.25) is 0 Å². The predicted octanol–water partition coefficient (Wildman–Crippen LogP) is 1.36. The Bertz CT molecular complexity index is 284. The summed E-state index contributed by atoms with van der Waals surface area (Å²) in [5, 5.41) is 8.30. The molecule has 1 rings (SSSR count). The van der Waals surface area contributed by atoms with E-state index in [1.54, 1.807) is 0 Å². The summed E-state index contributed by atoms with van der Waals surface area (Å²) in [7, 11) is 0. The number of benzene rings is 1. The van der Waals surface area contributed by atoms with Crippen molar-refractivity contribution in [2.24, 2.45) is 0 Å². The van der Waals surface area contributed by atoms with Crippen LogP contribution in [-0.2, 0) is 4.79 Å². The van der Waals surface area contributed by atoms with Crippen molar-refractivity contribution in [1.29, 1.82) is 0 Å². The number of nitrogen functional groups attached to an aromatic ring is 1. The van der Waals surface area contributed by atoms with Crippen molar-refractivity contribution in [1.82, 2.24) is 0 Å². The zero-order chi connectivity index (χ0) is 9.14. The van der Waals surface area contributed by atoms with Crippen LogP contribution in [0.15, 0.2) is 24.3 Å². The van der Waals surface area contributed by atoms with Crippen LogP contribution in [0, 0.1) is 0 Å². The van der Waals surface area contributed by atoms with Gasteiger partial charge in [-0.05, 0) is 17.7 Å². The number of rotatable bonds is 2. The van der Waals surface area contributed by atoms with E-state index in [1.165, 1.54) is 24.3 Å². The molecular formula is C8H8FNO2. The van der Waals surface area contributed by atoms with Crippen LogP contribution in [0.3, 0.4) is 0 Å². The molecule has 0 heterocycles. The van der Waals surface area contributed by atoms with Gasteiger partial charge in [0, 0.05) is 5.69 Å². The van der Waals surface area contributed by atoms with Crippen LogP contribution in [-0.4, -0.2) is 11.1 Å². The number of hydrogen-bond acceptors (Lipinski definition) is 2. The number of carboxylic acid groups (broad SMARTS) is 1. The molecule has 0 saturated carbocycles. The van der Waals surface area contributed by atoms with Crippen LogP contribution in [0.1, 0.15) is 11.7 Å². The highest BCUT2D eigenvalue weighted by atomic mass is 19.1. The SMILES string of the molecule is Nc1ccc(C(F)C(=O)O)cc1. The first-order valence-corrected chi connectivity index (χ1v) is 3.33. The standard InChI is InChI=1S/C8H8FNO2/c9-7(8(11)12)5-1-3-6(10)4-2-5/h1-4,7H,10H2,(H,11,12). The Morgan fingerprint density at radius 2 is 1.92 bits per heavy atom. The van der Waals surface area contributed by atoms with E-state index in [0.29, 0.717) is 5.69 Å². The molecule has 3 nitrogen and oxygen atoms in total. The molecule has 0 fully saturated rings. The summed E-state index contributed by atoms with van der Waals surface area (Å²) in [6, 6.07) is 5.64. The lowest BCUT2D eigenvalue weighted by molar-refractivity contribution is -0.143. The highest BCUT2D eigenvalue weighted by Gasteiger charge is 2.17. The minimum atomic E-state index is -1.97. The molecule has 0 radical (unpaired) electrons. The minimum Gasteiger partial charge on any atom is -0.479 e. The Labute approximate surface area is 68.6 Å². The highest BCUT2D eigenvalue weighted by Crippen LogP contribution is 2.18. The summed E-state index contributed by atoms with van der Waals surface area (Å²) in [5.41, 5.74) is 5.92. The third-order valence-electron chi connectivity index (χ3n) is 1.45. The van der Waals surface area contributed by atoms with Crippen molar-refractivity contribution < 1.29 is 14.3 Å². The zero-order valence-corrected chi connectivity index (χ0v) is 6.20. The first-order valence-electron chi connectivity index (χ1n) is 3.33. The van der Waals surface area contributed by atoms with Crippen molar-refractivity contribution in [3.63, 3.8) is 0 Å². The Balaban J connectivity index is 2.89. The van der Waals surface area contributed by atoms with Gasteiger partial charge >= 0.3 is 5.97 Å². The average molecular weight is 169 g/mol. The first-order chi connectivity index (χ1) is 5.61. The van der Waals surface area contributed by atoms with E-state index in [0.717, 1.165) is 0 Å². The normalized spacial score (nSPS) is 12.4. The van der Waals surface area contributed by atoms with Crippen LogP contribution in [0.5, 0.6) is 0 Å². The van der Waals surface area contributed by atoms with Gasteiger partial charge in [-0.25, -0.2) is 9.18 Å². The van der Waals surface area contributed by atoms with Gasteiger partial charge in [0.05, 0.1) is 0 Å². The second-order valence-electron chi connectivity index (χ2n) is 2.37. The molecule has 1 aromatic carbocycles. The monoisotopic (exact) mass is 169 g/mol. The third-order valence-corrected chi connectivity index (χ3v) is 1.45. The maximum Gasteiger partial charge on any atom is 0.343 e. The maximum atomic E-state index is 12.7. The third kappa shape index (κ3) is 1.72. The second kappa shape index (κ2) is 3.21. The van der Waals surface area contributed by atoms with Crippen molar-refractivity contribution in [3.05, 3.63) is 29.8 Å². The van der Waals surface area contributed by atoms with Crippen LogP contribution in [0.4, 0.5) is 10.1 Å². The molecule has 0 aliphatic rings. The number of hydrogen-bond donors (Lipinski definition) is 2. The summed E-state index contributed by atoms with van der Waals surface area (Å²) < 4.78 is 12.7. The largest absolute Gasteiger partial charge is 0.479 e. The smallest absolute Gasteiger partial charge is 0.343 e. The van der Waals surface area contributed by atoms with Gasteiger partial charge < -0.3 is 10.8 Å². The maximum absolute atomic E-state index is 12.7. The van der Waals surface area contributed by atoms with E-state index < -0.39 is 12.1 Å². The molecule has 0 aliphatic heterocycles. The Hall–Kier alpha value is -1.58. The molecule has 0 bridgehead atoms. The number of carbonyl (C=O) groups is 1. The van der Waals surface area contributed by atoms with Gasteiger partial charge in [-0.3, -0.25) is 0 Å². The van der Waals surface area contributed by atoms with Crippen molar-refractivity contribution in [3.8, 4) is 0 Å². The molecule has 12 heavy (non-hydrogen) atoms. The molecule has 1 aromatic rings. The predicted molar refractivity (Wildman–Crippen MR) is 42.3 cm³/mol. The van der Waals surface area contributed by atoms with Gasteiger partial charge in [0.1, 0.15) is 0 Å². The van der Waals surface area contributed by atoms with Gasteiger partial charge in [0.2, 0.25) is 6.17 Å². The zero-order valence-electron chi connectivity index (χ0n) is 6.20. The molecule has 0 spiro atoms. The van der Waals surface area contributed by atoms with Crippen molar-refractivity contribution in [2.75, 3.05) is 5.73 Å². The number of alkyl halides is 1. The van der Waals surface area contributed by atoms with Crippen molar-refractivity contribution >= 4 is 11.7 Å². The fourth-order valence-corrected chi connectivity index (χ4v) is 0.808. The lowest BCUT2D eigenvalue weighted by atomic mass is 10.1. The van der Waals surface area contributed by atoms with E-state index in [9.17, 15) is 9.18 Å². The van der Waals surface area contributed by atoms with Crippen molar-refractivity contribution in [2.45, 2.75) is 6.17 Å². The molecule has 0 amide bonds. The Kier molecular flexibility index (Phi) is 2.28. The quantitative estimate of drug-likeness (QED) is 0.657. The van der Waals surface area contributed by atoms with E-state index in [2.05, 4.69) is 0 Å². The van der Waals surface area contributed by atoms with Gasteiger partial charge in [-0.2, -0.15) is 0 Å². The van der Waals surface area contributed by atoms with Gasteiger partial charge in [0.25, 0.3) is 0 Å². The van der Waals surface area contributed by atoms with Gasteiger partial charge in [-0.1, -0.05) is 12.1 Å². The van der Waals surface area contributed by atoms with E-state index in [4.69, 9.17) is 10.8 Å². The molecule has 1 unspecified atom stereocenters. The first kappa shape index (κ1) is 8.52. The number of aliphatic carboxylic acids is 1. The summed E-state index contributed by atoms with van der Waals surface area (Å²) in [5.74, 6) is -1.49. The Morgan fingerprint density at radius 3 is 2.33 bits per heavy atom. The Morgan fingerprint density at radius 1 is 1.42 bits per heavy atom. The van der Waals surface area contributed by atoms with Crippen LogP contribution in [0.25, 0.3) is 0 Å². The number of carboxylic acids is 1. The molecule has 4 heteroatoms. The summed E-state index contributed by atoms with van der Waals surface area (Å²) in [4.78, 5) is 10.2. The molecule has 64 valence electrons. The minimum absolute atomic E-state index is 0.108.